The number of fused-ring (bicyclic) bond motifs is 5. The quantitative estimate of drug-likeness (QED) is 0.345. The molecule has 0 N–H and O–H groups in total. The average Bonchev–Trinajstić information content (AvgIpc) is 3.21. The number of hydrogen-bond acceptors (Lipinski definition) is 0. The van der Waals surface area contributed by atoms with Crippen molar-refractivity contribution in [3.63, 3.8) is 0 Å². The molecule has 7 rings (SSSR count). The Morgan fingerprint density at radius 2 is 1.19 bits per heavy atom. The van der Waals surface area contributed by atoms with Gasteiger partial charge in [-0.25, -0.2) is 0 Å². The zero-order valence-electron chi connectivity index (χ0n) is 17.6. The zero-order chi connectivity index (χ0) is 21.1. The maximum absolute atomic E-state index is 2.48. The highest BCUT2D eigenvalue weighted by Crippen LogP contribution is 2.35. The van der Waals surface area contributed by atoms with E-state index in [1.54, 1.807) is 0 Å². The fourth-order valence-corrected chi connectivity index (χ4v) is 5.50. The van der Waals surface area contributed by atoms with Crippen LogP contribution in [0.3, 0.4) is 0 Å². The van der Waals surface area contributed by atoms with Crippen LogP contribution in [0, 0.1) is 0 Å². The Morgan fingerprint density at radius 1 is 0.500 bits per heavy atom. The Balaban J connectivity index is 1.69. The first-order valence-corrected chi connectivity index (χ1v) is 11.2. The van der Waals surface area contributed by atoms with E-state index < -0.39 is 0 Å². The first-order valence-electron chi connectivity index (χ1n) is 11.2. The molecule has 0 saturated carbocycles. The maximum Gasteiger partial charge on any atom is 0.246 e. The molecule has 0 saturated heterocycles. The summed E-state index contributed by atoms with van der Waals surface area (Å²) in [4.78, 5) is 0. The van der Waals surface area contributed by atoms with Gasteiger partial charge in [-0.05, 0) is 40.3 Å². The van der Waals surface area contributed by atoms with Gasteiger partial charge in [0.1, 0.15) is 0 Å². The molecule has 2 heterocycles. The standard InChI is InChI=1S/C30H20BN/c1-3-11-21(12-4-1)22-19-25-24-15-7-9-17-28(24)32-29-18-10-8-16-26(29)31(27(20-22)30(25)32)23-13-5-2-6-14-23/h1-20H. The first-order chi connectivity index (χ1) is 15.9. The third kappa shape index (κ3) is 2.41. The minimum Gasteiger partial charge on any atom is -0.310 e. The summed E-state index contributed by atoms with van der Waals surface area (Å²) in [6, 6.07) is 44.2. The Kier molecular flexibility index (Phi) is 3.71. The fourth-order valence-electron chi connectivity index (χ4n) is 5.50. The summed E-state index contributed by atoms with van der Waals surface area (Å²) in [7, 11) is 0. The zero-order valence-corrected chi connectivity index (χ0v) is 17.6. The highest BCUT2D eigenvalue weighted by atomic mass is 15.0. The molecule has 1 nitrogen and oxygen atoms in total. The van der Waals surface area contributed by atoms with E-state index in [4.69, 9.17) is 0 Å². The molecule has 6 aromatic rings. The van der Waals surface area contributed by atoms with E-state index in [9.17, 15) is 0 Å². The number of aromatic nitrogens is 1. The molecule has 0 spiro atoms. The summed E-state index contributed by atoms with van der Waals surface area (Å²) < 4.78 is 2.48. The molecule has 0 fully saturated rings. The van der Waals surface area contributed by atoms with Crippen LogP contribution in [0.25, 0.3) is 38.6 Å². The molecule has 0 radical (unpaired) electrons. The maximum atomic E-state index is 2.48. The minimum absolute atomic E-state index is 0.204. The molecule has 1 aliphatic rings. The predicted molar refractivity (Wildman–Crippen MR) is 137 cm³/mol. The molecule has 148 valence electrons. The molecule has 0 atom stereocenters. The lowest BCUT2D eigenvalue weighted by molar-refractivity contribution is 1.19. The van der Waals surface area contributed by atoms with Gasteiger partial charge in [-0.1, -0.05) is 109 Å². The van der Waals surface area contributed by atoms with Gasteiger partial charge in [-0.3, -0.25) is 0 Å². The smallest absolute Gasteiger partial charge is 0.246 e. The lowest BCUT2D eigenvalue weighted by Gasteiger charge is -2.27. The molecule has 32 heavy (non-hydrogen) atoms. The molecule has 2 heteroatoms. The van der Waals surface area contributed by atoms with Crippen LogP contribution in [-0.2, 0) is 0 Å². The summed E-state index contributed by atoms with van der Waals surface area (Å²) in [5, 5.41) is 2.64. The van der Waals surface area contributed by atoms with Gasteiger partial charge in [0.2, 0.25) is 6.71 Å². The van der Waals surface area contributed by atoms with Crippen molar-refractivity contribution in [1.82, 2.24) is 4.57 Å². The van der Waals surface area contributed by atoms with Crippen molar-refractivity contribution in [2.24, 2.45) is 0 Å². The fraction of sp³-hybridized carbons (Fsp3) is 0. The van der Waals surface area contributed by atoms with Crippen molar-refractivity contribution in [2.75, 3.05) is 0 Å². The van der Waals surface area contributed by atoms with E-state index in [-0.39, 0.29) is 6.71 Å². The van der Waals surface area contributed by atoms with Crippen LogP contribution in [0.4, 0.5) is 0 Å². The Bertz CT molecular complexity index is 1610. The van der Waals surface area contributed by atoms with Crippen LogP contribution in [-0.4, -0.2) is 11.3 Å². The molecule has 0 aliphatic carbocycles. The number of para-hydroxylation sites is 2. The van der Waals surface area contributed by atoms with Crippen molar-refractivity contribution >= 4 is 44.9 Å². The highest BCUT2D eigenvalue weighted by molar-refractivity contribution is 6.98. The molecule has 0 bridgehead atoms. The van der Waals surface area contributed by atoms with Gasteiger partial charge in [0.15, 0.2) is 0 Å². The van der Waals surface area contributed by atoms with Crippen LogP contribution in [0.5, 0.6) is 0 Å². The van der Waals surface area contributed by atoms with Crippen LogP contribution in [0.2, 0.25) is 0 Å². The average molecular weight is 405 g/mol. The molecule has 1 aliphatic heterocycles. The molecule has 1 aromatic heterocycles. The summed E-state index contributed by atoms with van der Waals surface area (Å²) in [6.07, 6.45) is 0. The summed E-state index contributed by atoms with van der Waals surface area (Å²) >= 11 is 0. The van der Waals surface area contributed by atoms with Gasteiger partial charge in [0.05, 0.1) is 5.52 Å². The van der Waals surface area contributed by atoms with E-state index >= 15 is 0 Å². The van der Waals surface area contributed by atoms with Crippen molar-refractivity contribution in [3.05, 3.63) is 121 Å². The van der Waals surface area contributed by atoms with E-state index in [1.807, 2.05) is 0 Å². The number of rotatable bonds is 2. The monoisotopic (exact) mass is 405 g/mol. The second kappa shape index (κ2) is 6.73. The van der Waals surface area contributed by atoms with Crippen LogP contribution in [0.1, 0.15) is 0 Å². The summed E-state index contributed by atoms with van der Waals surface area (Å²) in [5.41, 5.74) is 10.5. The first kappa shape index (κ1) is 17.6. The second-order valence-corrected chi connectivity index (χ2v) is 8.58. The van der Waals surface area contributed by atoms with Crippen LogP contribution < -0.4 is 16.4 Å². The van der Waals surface area contributed by atoms with Crippen LogP contribution >= 0.6 is 0 Å². The summed E-state index contributed by atoms with van der Waals surface area (Å²) in [6.45, 7) is 0.204. The molecular formula is C30H20BN. The van der Waals surface area contributed by atoms with E-state index in [0.717, 1.165) is 0 Å². The number of nitrogens with zero attached hydrogens (tertiary/aromatic N) is 1. The van der Waals surface area contributed by atoms with Crippen LogP contribution in [0.15, 0.2) is 121 Å². The van der Waals surface area contributed by atoms with Crippen molar-refractivity contribution < 1.29 is 0 Å². The van der Waals surface area contributed by atoms with Crippen molar-refractivity contribution in [2.45, 2.75) is 0 Å². The Hall–Kier alpha value is -4.04. The van der Waals surface area contributed by atoms with Gasteiger partial charge >= 0.3 is 0 Å². The SMILES string of the molecule is c1ccc(B2c3ccccc3-n3c4ccccc4c4cc(-c5ccccc5)cc2c43)cc1. The summed E-state index contributed by atoms with van der Waals surface area (Å²) in [5.74, 6) is 0. The topological polar surface area (TPSA) is 4.93 Å². The Morgan fingerprint density at radius 3 is 2.03 bits per heavy atom. The third-order valence-corrected chi connectivity index (χ3v) is 6.84. The van der Waals surface area contributed by atoms with Gasteiger partial charge < -0.3 is 4.57 Å². The van der Waals surface area contributed by atoms with Gasteiger partial charge in [0, 0.05) is 22.0 Å². The molecule has 0 unspecified atom stereocenters. The normalized spacial score (nSPS) is 12.3. The van der Waals surface area contributed by atoms with E-state index in [2.05, 4.69) is 126 Å². The van der Waals surface area contributed by atoms with E-state index in [0.29, 0.717) is 0 Å². The molecular weight excluding hydrogens is 385 g/mol. The largest absolute Gasteiger partial charge is 0.310 e. The lowest BCUT2D eigenvalue weighted by atomic mass is 9.35. The lowest BCUT2D eigenvalue weighted by Crippen LogP contribution is -2.55. The van der Waals surface area contributed by atoms with Gasteiger partial charge in [-0.2, -0.15) is 0 Å². The minimum atomic E-state index is 0.204. The van der Waals surface area contributed by atoms with Crippen molar-refractivity contribution in [1.29, 1.82) is 0 Å². The Labute approximate surface area is 187 Å². The second-order valence-electron chi connectivity index (χ2n) is 8.58. The number of benzene rings is 5. The molecule has 0 amide bonds. The predicted octanol–water partition coefficient (Wildman–Crippen LogP) is 5.28. The van der Waals surface area contributed by atoms with Gasteiger partial charge in [-0.15, -0.1) is 0 Å². The third-order valence-electron chi connectivity index (χ3n) is 6.84. The molecule has 5 aromatic carbocycles. The van der Waals surface area contributed by atoms with Gasteiger partial charge in [0.25, 0.3) is 0 Å². The number of hydrogen-bond donors (Lipinski definition) is 0. The highest BCUT2D eigenvalue weighted by Gasteiger charge is 2.33. The van der Waals surface area contributed by atoms with Crippen molar-refractivity contribution in [3.8, 4) is 16.8 Å². The van der Waals surface area contributed by atoms with E-state index in [1.165, 1.54) is 55.0 Å².